The largest absolute Gasteiger partial charge is 0.379 e. The first-order valence-electron chi connectivity index (χ1n) is 4.63. The van der Waals surface area contributed by atoms with Crippen molar-refractivity contribution >= 4 is 5.69 Å². The van der Waals surface area contributed by atoms with Crippen molar-refractivity contribution in [3.63, 3.8) is 0 Å². The van der Waals surface area contributed by atoms with Gasteiger partial charge in [0.25, 0.3) is 0 Å². The van der Waals surface area contributed by atoms with Gasteiger partial charge >= 0.3 is 0 Å². The number of hydrogen-bond donors (Lipinski definition) is 1. The minimum atomic E-state index is -0.501. The standard InChI is InChI=1S/C11H12F2N2/c1-7-5-10(13)11(6-9(7)12)15-8(2)3-4-14/h5-6,8,15H,3H2,1-2H3. The van der Waals surface area contributed by atoms with Crippen molar-refractivity contribution in [2.75, 3.05) is 5.32 Å². The van der Waals surface area contributed by atoms with Crippen LogP contribution in [0.2, 0.25) is 0 Å². The normalized spacial score (nSPS) is 11.9. The third-order valence-electron chi connectivity index (χ3n) is 2.05. The van der Waals surface area contributed by atoms with Crippen LogP contribution in [0.5, 0.6) is 0 Å². The molecular formula is C11H12F2N2. The summed E-state index contributed by atoms with van der Waals surface area (Å²) in [6, 6.07) is 4.00. The summed E-state index contributed by atoms with van der Waals surface area (Å²) < 4.78 is 26.4. The van der Waals surface area contributed by atoms with Crippen molar-refractivity contribution in [3.05, 3.63) is 29.3 Å². The summed E-state index contributed by atoms with van der Waals surface area (Å²) in [6.45, 7) is 3.24. The van der Waals surface area contributed by atoms with Gasteiger partial charge in [-0.1, -0.05) is 0 Å². The zero-order chi connectivity index (χ0) is 11.4. The molecule has 0 saturated heterocycles. The second-order valence-electron chi connectivity index (χ2n) is 3.49. The van der Waals surface area contributed by atoms with Gasteiger partial charge in [-0.25, -0.2) is 8.78 Å². The van der Waals surface area contributed by atoms with E-state index in [0.717, 1.165) is 12.1 Å². The lowest BCUT2D eigenvalue weighted by molar-refractivity contribution is 0.592. The van der Waals surface area contributed by atoms with E-state index in [1.165, 1.54) is 6.92 Å². The van der Waals surface area contributed by atoms with E-state index in [0.29, 0.717) is 0 Å². The molecule has 0 bridgehead atoms. The molecule has 1 aromatic rings. The molecule has 0 aliphatic heterocycles. The number of aryl methyl sites for hydroxylation is 1. The third kappa shape index (κ3) is 2.91. The van der Waals surface area contributed by atoms with E-state index in [9.17, 15) is 8.78 Å². The first-order chi connectivity index (χ1) is 7.04. The van der Waals surface area contributed by atoms with Gasteiger partial charge in [-0.3, -0.25) is 0 Å². The van der Waals surface area contributed by atoms with Gasteiger partial charge in [-0.2, -0.15) is 5.26 Å². The van der Waals surface area contributed by atoms with E-state index in [-0.39, 0.29) is 23.7 Å². The maximum Gasteiger partial charge on any atom is 0.146 e. The molecule has 15 heavy (non-hydrogen) atoms. The van der Waals surface area contributed by atoms with E-state index in [2.05, 4.69) is 5.32 Å². The fraction of sp³-hybridized carbons (Fsp3) is 0.364. The molecule has 4 heteroatoms. The molecule has 0 aromatic heterocycles. The fourth-order valence-electron chi connectivity index (χ4n) is 1.21. The minimum Gasteiger partial charge on any atom is -0.379 e. The monoisotopic (exact) mass is 210 g/mol. The molecule has 1 N–H and O–H groups in total. The van der Waals surface area contributed by atoms with Crippen LogP contribution < -0.4 is 5.32 Å². The average molecular weight is 210 g/mol. The van der Waals surface area contributed by atoms with Crippen LogP contribution in [0.15, 0.2) is 12.1 Å². The van der Waals surface area contributed by atoms with Gasteiger partial charge in [-0.15, -0.1) is 0 Å². The summed E-state index contributed by atoms with van der Waals surface area (Å²) in [7, 11) is 0. The molecule has 0 fully saturated rings. The van der Waals surface area contributed by atoms with Gasteiger partial charge in [0.05, 0.1) is 18.2 Å². The Morgan fingerprint density at radius 1 is 1.40 bits per heavy atom. The quantitative estimate of drug-likeness (QED) is 0.832. The Bertz CT molecular complexity index is 396. The summed E-state index contributed by atoms with van der Waals surface area (Å²) in [5, 5.41) is 11.2. The number of hydrogen-bond acceptors (Lipinski definition) is 2. The average Bonchev–Trinajstić information content (AvgIpc) is 2.14. The van der Waals surface area contributed by atoms with Crippen LogP contribution in [0, 0.1) is 29.9 Å². The molecule has 0 heterocycles. The highest BCUT2D eigenvalue weighted by atomic mass is 19.1. The van der Waals surface area contributed by atoms with Crippen molar-refractivity contribution in [1.29, 1.82) is 5.26 Å². The first-order valence-corrected chi connectivity index (χ1v) is 4.63. The molecule has 0 spiro atoms. The van der Waals surface area contributed by atoms with E-state index >= 15 is 0 Å². The Morgan fingerprint density at radius 2 is 2.07 bits per heavy atom. The summed E-state index contributed by atoms with van der Waals surface area (Å²) in [5.74, 6) is -0.957. The molecule has 1 rings (SSSR count). The van der Waals surface area contributed by atoms with E-state index < -0.39 is 11.6 Å². The Balaban J connectivity index is 2.87. The predicted molar refractivity (Wildman–Crippen MR) is 54.4 cm³/mol. The Morgan fingerprint density at radius 3 is 2.67 bits per heavy atom. The van der Waals surface area contributed by atoms with Gasteiger partial charge in [0, 0.05) is 12.1 Å². The Labute approximate surface area is 87.5 Å². The van der Waals surface area contributed by atoms with Crippen molar-refractivity contribution < 1.29 is 8.78 Å². The van der Waals surface area contributed by atoms with E-state index in [1.807, 2.05) is 6.07 Å². The number of nitriles is 1. The Kier molecular flexibility index (Phi) is 3.62. The van der Waals surface area contributed by atoms with Crippen LogP contribution in [0.25, 0.3) is 0 Å². The zero-order valence-electron chi connectivity index (χ0n) is 8.64. The van der Waals surface area contributed by atoms with E-state index in [4.69, 9.17) is 5.26 Å². The van der Waals surface area contributed by atoms with Crippen molar-refractivity contribution in [2.45, 2.75) is 26.3 Å². The van der Waals surface area contributed by atoms with Gasteiger partial charge < -0.3 is 5.32 Å². The van der Waals surface area contributed by atoms with Crippen molar-refractivity contribution in [1.82, 2.24) is 0 Å². The molecule has 1 unspecified atom stereocenters. The molecule has 1 atom stereocenters. The summed E-state index contributed by atoms with van der Waals surface area (Å²) in [5.41, 5.74) is 0.367. The predicted octanol–water partition coefficient (Wildman–Crippen LogP) is 2.99. The second-order valence-corrected chi connectivity index (χ2v) is 3.49. The van der Waals surface area contributed by atoms with E-state index in [1.54, 1.807) is 6.92 Å². The van der Waals surface area contributed by atoms with Gasteiger partial charge in [0.2, 0.25) is 0 Å². The summed E-state index contributed by atoms with van der Waals surface area (Å²) >= 11 is 0. The molecule has 0 aliphatic carbocycles. The number of benzene rings is 1. The highest BCUT2D eigenvalue weighted by Gasteiger charge is 2.09. The van der Waals surface area contributed by atoms with Crippen LogP contribution in [0.4, 0.5) is 14.5 Å². The first kappa shape index (κ1) is 11.4. The SMILES string of the molecule is Cc1cc(F)c(NC(C)CC#N)cc1F. The maximum absolute atomic E-state index is 13.3. The molecule has 0 aliphatic rings. The second kappa shape index (κ2) is 4.74. The third-order valence-corrected chi connectivity index (χ3v) is 2.05. The molecule has 1 aromatic carbocycles. The van der Waals surface area contributed by atoms with Gasteiger partial charge in [0.15, 0.2) is 0 Å². The van der Waals surface area contributed by atoms with Crippen molar-refractivity contribution in [2.24, 2.45) is 0 Å². The van der Waals surface area contributed by atoms with Crippen LogP contribution >= 0.6 is 0 Å². The lowest BCUT2D eigenvalue weighted by Crippen LogP contribution is -2.15. The topological polar surface area (TPSA) is 35.8 Å². The summed E-state index contributed by atoms with van der Waals surface area (Å²) in [6.07, 6.45) is 0.245. The molecule has 0 saturated carbocycles. The number of halogens is 2. The molecule has 80 valence electrons. The maximum atomic E-state index is 13.3. The highest BCUT2D eigenvalue weighted by molar-refractivity contribution is 5.47. The van der Waals surface area contributed by atoms with Crippen molar-refractivity contribution in [3.8, 4) is 6.07 Å². The zero-order valence-corrected chi connectivity index (χ0v) is 8.64. The number of nitrogens with one attached hydrogen (secondary N) is 1. The van der Waals surface area contributed by atoms with Crippen LogP contribution in [0.3, 0.4) is 0 Å². The minimum absolute atomic E-state index is 0.0980. The smallest absolute Gasteiger partial charge is 0.146 e. The van der Waals surface area contributed by atoms with Crippen LogP contribution in [-0.2, 0) is 0 Å². The van der Waals surface area contributed by atoms with Crippen LogP contribution in [0.1, 0.15) is 18.9 Å². The summed E-state index contributed by atoms with van der Waals surface area (Å²) in [4.78, 5) is 0. The number of nitrogens with zero attached hydrogens (tertiary/aromatic N) is 1. The lowest BCUT2D eigenvalue weighted by Gasteiger charge is -2.13. The van der Waals surface area contributed by atoms with Gasteiger partial charge in [0.1, 0.15) is 11.6 Å². The Hall–Kier alpha value is -1.63. The lowest BCUT2D eigenvalue weighted by atomic mass is 10.2. The molecule has 2 nitrogen and oxygen atoms in total. The molecule has 0 amide bonds. The molecule has 0 radical (unpaired) electrons. The number of rotatable bonds is 3. The molecular weight excluding hydrogens is 198 g/mol. The number of anilines is 1. The fourth-order valence-corrected chi connectivity index (χ4v) is 1.21. The van der Waals surface area contributed by atoms with Crippen LogP contribution in [-0.4, -0.2) is 6.04 Å². The highest BCUT2D eigenvalue weighted by Crippen LogP contribution is 2.19. The van der Waals surface area contributed by atoms with Gasteiger partial charge in [-0.05, 0) is 25.5 Å².